The van der Waals surface area contributed by atoms with Gasteiger partial charge >= 0.3 is 5.97 Å². The molecule has 2 aromatic carbocycles. The number of hydrogen-bond donors (Lipinski definition) is 1. The average molecular weight is 441 g/mol. The van der Waals surface area contributed by atoms with Crippen molar-refractivity contribution >= 4 is 17.4 Å². The van der Waals surface area contributed by atoms with Crippen LogP contribution in [0.15, 0.2) is 58.2 Å². The first-order chi connectivity index (χ1) is 15.4. The van der Waals surface area contributed by atoms with Gasteiger partial charge in [0.15, 0.2) is 11.5 Å². The Hall–Kier alpha value is -3.88. The standard InChI is InChI=1S/C23H24FN3O5/c1-4-11-31-25-20(22-13-19(26-32-22)15-5-7-16(24)8-6-15)14-30-17-9-10-21(27(2)3)18(12-17)23(28)29/h5-10,12-13H,4,11,14H2,1-3H3,(H,28,29)/b25-20+. The van der Waals surface area contributed by atoms with E-state index in [1.165, 1.54) is 18.2 Å². The van der Waals surface area contributed by atoms with Gasteiger partial charge in [-0.25, -0.2) is 9.18 Å². The van der Waals surface area contributed by atoms with Gasteiger partial charge in [-0.15, -0.1) is 0 Å². The van der Waals surface area contributed by atoms with Gasteiger partial charge in [-0.05, 0) is 48.9 Å². The summed E-state index contributed by atoms with van der Waals surface area (Å²) in [6, 6.07) is 12.3. The number of ether oxygens (including phenoxy) is 1. The summed E-state index contributed by atoms with van der Waals surface area (Å²) >= 11 is 0. The fourth-order valence-corrected chi connectivity index (χ4v) is 2.84. The number of rotatable bonds is 10. The van der Waals surface area contributed by atoms with E-state index in [-0.39, 0.29) is 18.0 Å². The van der Waals surface area contributed by atoms with Crippen LogP contribution in [-0.4, -0.2) is 49.3 Å². The quantitative estimate of drug-likeness (QED) is 0.282. The Balaban J connectivity index is 1.82. The molecule has 0 saturated carbocycles. The predicted molar refractivity (Wildman–Crippen MR) is 118 cm³/mol. The van der Waals surface area contributed by atoms with Gasteiger partial charge in [-0.3, -0.25) is 0 Å². The lowest BCUT2D eigenvalue weighted by Gasteiger charge is -2.16. The first-order valence-corrected chi connectivity index (χ1v) is 9.98. The topological polar surface area (TPSA) is 97.4 Å². The largest absolute Gasteiger partial charge is 0.487 e. The number of carbonyl (C=O) groups is 1. The maximum absolute atomic E-state index is 13.2. The molecule has 0 amide bonds. The zero-order chi connectivity index (χ0) is 23.1. The molecule has 1 N–H and O–H groups in total. The van der Waals surface area contributed by atoms with Gasteiger partial charge in [0.05, 0.1) is 11.3 Å². The van der Waals surface area contributed by atoms with E-state index in [0.29, 0.717) is 40.8 Å². The van der Waals surface area contributed by atoms with E-state index in [0.717, 1.165) is 6.42 Å². The van der Waals surface area contributed by atoms with Crippen LogP contribution in [0.25, 0.3) is 11.3 Å². The maximum Gasteiger partial charge on any atom is 0.337 e. The summed E-state index contributed by atoms with van der Waals surface area (Å²) in [7, 11) is 3.53. The number of halogens is 1. The second-order valence-electron chi connectivity index (χ2n) is 7.12. The molecule has 9 heteroatoms. The Kier molecular flexibility index (Phi) is 7.43. The van der Waals surface area contributed by atoms with Gasteiger partial charge in [0.2, 0.25) is 0 Å². The van der Waals surface area contributed by atoms with Crippen molar-refractivity contribution in [3.63, 3.8) is 0 Å². The van der Waals surface area contributed by atoms with E-state index in [9.17, 15) is 14.3 Å². The summed E-state index contributed by atoms with van der Waals surface area (Å²) in [5.74, 6) is -0.723. The fourth-order valence-electron chi connectivity index (χ4n) is 2.84. The molecule has 0 aliphatic carbocycles. The van der Waals surface area contributed by atoms with Crippen molar-refractivity contribution in [3.05, 3.63) is 65.7 Å². The van der Waals surface area contributed by atoms with Crippen molar-refractivity contribution < 1.29 is 28.4 Å². The number of nitrogens with zero attached hydrogens (tertiary/aromatic N) is 3. The number of aromatic carboxylic acids is 1. The van der Waals surface area contributed by atoms with E-state index in [1.807, 2.05) is 6.92 Å². The van der Waals surface area contributed by atoms with Crippen molar-refractivity contribution in [2.24, 2.45) is 5.16 Å². The highest BCUT2D eigenvalue weighted by Crippen LogP contribution is 2.25. The third-order valence-electron chi connectivity index (χ3n) is 4.46. The highest BCUT2D eigenvalue weighted by molar-refractivity contribution is 6.00. The minimum Gasteiger partial charge on any atom is -0.487 e. The fraction of sp³-hybridized carbons (Fsp3) is 0.261. The SMILES string of the molecule is CCCO/N=C(\COc1ccc(N(C)C)c(C(=O)O)c1)c1cc(-c2ccc(F)cc2)no1. The molecule has 0 radical (unpaired) electrons. The summed E-state index contributed by atoms with van der Waals surface area (Å²) in [5, 5.41) is 17.6. The monoisotopic (exact) mass is 441 g/mol. The number of aromatic nitrogens is 1. The summed E-state index contributed by atoms with van der Waals surface area (Å²) in [6.45, 7) is 2.32. The molecule has 0 aliphatic rings. The number of oxime groups is 1. The first kappa shape index (κ1) is 22.8. The normalized spacial score (nSPS) is 11.3. The lowest BCUT2D eigenvalue weighted by molar-refractivity contribution is 0.0697. The summed E-state index contributed by atoms with van der Waals surface area (Å²) in [6.07, 6.45) is 0.767. The van der Waals surface area contributed by atoms with Gasteiger partial charge in [0, 0.05) is 25.7 Å². The molecular weight excluding hydrogens is 417 g/mol. The van der Waals surface area contributed by atoms with Crippen LogP contribution < -0.4 is 9.64 Å². The highest BCUT2D eigenvalue weighted by Gasteiger charge is 2.17. The molecule has 3 aromatic rings. The number of carboxylic acid groups (broad SMARTS) is 1. The van der Waals surface area contributed by atoms with Crippen LogP contribution in [-0.2, 0) is 4.84 Å². The number of benzene rings is 2. The molecule has 0 atom stereocenters. The van der Waals surface area contributed by atoms with E-state index in [2.05, 4.69) is 10.3 Å². The number of carboxylic acids is 1. The zero-order valence-electron chi connectivity index (χ0n) is 18.0. The third-order valence-corrected chi connectivity index (χ3v) is 4.46. The first-order valence-electron chi connectivity index (χ1n) is 9.98. The second-order valence-corrected chi connectivity index (χ2v) is 7.12. The van der Waals surface area contributed by atoms with Crippen molar-refractivity contribution in [1.82, 2.24) is 5.16 Å². The molecule has 1 aromatic heterocycles. The molecule has 0 bridgehead atoms. The summed E-state index contributed by atoms with van der Waals surface area (Å²) < 4.78 is 24.4. The summed E-state index contributed by atoms with van der Waals surface area (Å²) in [5.41, 5.74) is 2.21. The molecule has 0 unspecified atom stereocenters. The Morgan fingerprint density at radius 2 is 1.94 bits per heavy atom. The molecule has 0 fully saturated rings. The van der Waals surface area contributed by atoms with E-state index < -0.39 is 5.97 Å². The molecule has 3 rings (SSSR count). The predicted octanol–water partition coefficient (Wildman–Crippen LogP) is 4.45. The van der Waals surface area contributed by atoms with Crippen LogP contribution in [0.1, 0.15) is 29.5 Å². The molecule has 32 heavy (non-hydrogen) atoms. The Morgan fingerprint density at radius 1 is 1.19 bits per heavy atom. The van der Waals surface area contributed by atoms with Crippen molar-refractivity contribution in [3.8, 4) is 17.0 Å². The minimum absolute atomic E-state index is 0.0395. The molecule has 0 saturated heterocycles. The maximum atomic E-state index is 13.2. The smallest absolute Gasteiger partial charge is 0.337 e. The molecule has 8 nitrogen and oxygen atoms in total. The van der Waals surface area contributed by atoms with Gasteiger partial charge in [0.25, 0.3) is 0 Å². The lowest BCUT2D eigenvalue weighted by atomic mass is 10.1. The molecule has 0 spiro atoms. The summed E-state index contributed by atoms with van der Waals surface area (Å²) in [4.78, 5) is 18.6. The van der Waals surface area contributed by atoms with Gasteiger partial charge < -0.3 is 24.1 Å². The molecule has 1 heterocycles. The van der Waals surface area contributed by atoms with Gasteiger partial charge in [-0.2, -0.15) is 0 Å². The lowest BCUT2D eigenvalue weighted by Crippen LogP contribution is -2.16. The Morgan fingerprint density at radius 3 is 2.59 bits per heavy atom. The van der Waals surface area contributed by atoms with Gasteiger partial charge in [0.1, 0.15) is 30.5 Å². The van der Waals surface area contributed by atoms with Crippen LogP contribution in [0, 0.1) is 5.82 Å². The number of anilines is 1. The van der Waals surface area contributed by atoms with Crippen molar-refractivity contribution in [1.29, 1.82) is 0 Å². The average Bonchev–Trinajstić information content (AvgIpc) is 3.26. The molecule has 0 aliphatic heterocycles. The van der Waals surface area contributed by atoms with Crippen LogP contribution in [0.3, 0.4) is 0 Å². The van der Waals surface area contributed by atoms with E-state index >= 15 is 0 Å². The third kappa shape index (κ3) is 5.63. The molecular formula is C23H24FN3O5. The highest BCUT2D eigenvalue weighted by atomic mass is 19.1. The van der Waals surface area contributed by atoms with E-state index in [1.54, 1.807) is 49.3 Å². The minimum atomic E-state index is -1.06. The van der Waals surface area contributed by atoms with Crippen LogP contribution in [0.5, 0.6) is 5.75 Å². The second kappa shape index (κ2) is 10.4. The van der Waals surface area contributed by atoms with Gasteiger partial charge in [-0.1, -0.05) is 17.2 Å². The van der Waals surface area contributed by atoms with E-state index in [4.69, 9.17) is 14.1 Å². The van der Waals surface area contributed by atoms with Crippen LogP contribution >= 0.6 is 0 Å². The Labute approximate surface area is 184 Å². The zero-order valence-corrected chi connectivity index (χ0v) is 18.0. The number of hydrogen-bond acceptors (Lipinski definition) is 7. The van der Waals surface area contributed by atoms with Crippen molar-refractivity contribution in [2.45, 2.75) is 13.3 Å². The van der Waals surface area contributed by atoms with Crippen LogP contribution in [0.2, 0.25) is 0 Å². The van der Waals surface area contributed by atoms with Crippen LogP contribution in [0.4, 0.5) is 10.1 Å². The van der Waals surface area contributed by atoms with Crippen molar-refractivity contribution in [2.75, 3.05) is 32.2 Å². The Bertz CT molecular complexity index is 1090. The molecule has 168 valence electrons.